The van der Waals surface area contributed by atoms with E-state index < -0.39 is 11.4 Å². The number of fused-ring (bicyclic) bond motifs is 1. The number of carbonyl (C=O) groups is 1. The van der Waals surface area contributed by atoms with E-state index in [0.717, 1.165) is 23.9 Å². The van der Waals surface area contributed by atoms with Gasteiger partial charge in [-0.1, -0.05) is 18.6 Å². The van der Waals surface area contributed by atoms with Crippen LogP contribution in [0.2, 0.25) is 0 Å². The van der Waals surface area contributed by atoms with Crippen LogP contribution in [0.15, 0.2) is 30.5 Å². The highest BCUT2D eigenvalue weighted by atomic mass is 16.4. The number of aliphatic carboxylic acids is 1. The number of anilines is 1. The van der Waals surface area contributed by atoms with Gasteiger partial charge in [-0.05, 0) is 31.9 Å². The Morgan fingerprint density at radius 2 is 2.15 bits per heavy atom. The molecule has 1 heterocycles. The molecule has 1 aromatic heterocycles. The number of nitrogens with one attached hydrogen (secondary N) is 1. The molecule has 0 bridgehead atoms. The fourth-order valence-corrected chi connectivity index (χ4v) is 2.86. The van der Waals surface area contributed by atoms with Crippen LogP contribution in [0.4, 0.5) is 5.82 Å². The van der Waals surface area contributed by atoms with Crippen molar-refractivity contribution < 1.29 is 9.90 Å². The van der Waals surface area contributed by atoms with Gasteiger partial charge in [0.1, 0.15) is 5.82 Å². The van der Waals surface area contributed by atoms with Crippen LogP contribution in [0.3, 0.4) is 0 Å². The van der Waals surface area contributed by atoms with E-state index in [1.165, 1.54) is 0 Å². The van der Waals surface area contributed by atoms with Crippen molar-refractivity contribution in [3.63, 3.8) is 0 Å². The second-order valence-electron chi connectivity index (χ2n) is 5.56. The first-order valence-corrected chi connectivity index (χ1v) is 6.81. The van der Waals surface area contributed by atoms with Crippen LogP contribution >= 0.6 is 0 Å². The van der Waals surface area contributed by atoms with Gasteiger partial charge in [0.05, 0.1) is 22.6 Å². The third kappa shape index (κ3) is 2.09. The minimum absolute atomic E-state index is 0.101. The molecule has 0 spiro atoms. The SMILES string of the molecule is CC1(C(=O)O)CCCC1Nc1cnc2ccccc2n1. The molecule has 2 unspecified atom stereocenters. The molecule has 1 saturated carbocycles. The fourth-order valence-electron chi connectivity index (χ4n) is 2.86. The van der Waals surface area contributed by atoms with Gasteiger partial charge in [-0.15, -0.1) is 0 Å². The Bertz CT molecular complexity index is 658. The molecule has 0 amide bonds. The molecule has 0 radical (unpaired) electrons. The van der Waals surface area contributed by atoms with Crippen LogP contribution in [-0.4, -0.2) is 27.1 Å². The van der Waals surface area contributed by atoms with Crippen LogP contribution in [0.25, 0.3) is 11.0 Å². The molecule has 0 saturated heterocycles. The van der Waals surface area contributed by atoms with E-state index in [1.54, 1.807) is 13.1 Å². The van der Waals surface area contributed by atoms with Crippen molar-refractivity contribution in [1.82, 2.24) is 9.97 Å². The third-order valence-electron chi connectivity index (χ3n) is 4.22. The van der Waals surface area contributed by atoms with E-state index in [9.17, 15) is 9.90 Å². The quantitative estimate of drug-likeness (QED) is 0.897. The summed E-state index contributed by atoms with van der Waals surface area (Å²) in [5.41, 5.74) is 0.922. The Hall–Kier alpha value is -2.17. The number of nitrogens with zero attached hydrogens (tertiary/aromatic N) is 2. The minimum atomic E-state index is -0.749. The highest BCUT2D eigenvalue weighted by molar-refractivity contribution is 5.77. The van der Waals surface area contributed by atoms with E-state index in [0.29, 0.717) is 12.2 Å². The van der Waals surface area contributed by atoms with Gasteiger partial charge in [-0.3, -0.25) is 9.78 Å². The van der Waals surface area contributed by atoms with Gasteiger partial charge >= 0.3 is 5.97 Å². The summed E-state index contributed by atoms with van der Waals surface area (Å²) in [5, 5.41) is 12.7. The molecule has 2 aromatic rings. The molecule has 1 aliphatic rings. The molecule has 3 rings (SSSR count). The fraction of sp³-hybridized carbons (Fsp3) is 0.400. The smallest absolute Gasteiger partial charge is 0.311 e. The number of hydrogen-bond donors (Lipinski definition) is 2. The van der Waals surface area contributed by atoms with Crippen molar-refractivity contribution in [2.75, 3.05) is 5.32 Å². The third-order valence-corrected chi connectivity index (χ3v) is 4.22. The van der Waals surface area contributed by atoms with Gasteiger partial charge in [-0.25, -0.2) is 4.98 Å². The summed E-state index contributed by atoms with van der Waals surface area (Å²) in [4.78, 5) is 20.3. The number of para-hydroxylation sites is 2. The van der Waals surface area contributed by atoms with Crippen molar-refractivity contribution in [2.24, 2.45) is 5.41 Å². The molecule has 104 valence electrons. The highest BCUT2D eigenvalue weighted by Gasteiger charge is 2.45. The lowest BCUT2D eigenvalue weighted by Gasteiger charge is -2.28. The molecular formula is C15H17N3O2. The molecule has 1 aliphatic carbocycles. The molecule has 1 aromatic carbocycles. The van der Waals surface area contributed by atoms with Crippen LogP contribution in [0, 0.1) is 5.41 Å². The summed E-state index contributed by atoms with van der Waals surface area (Å²) in [6, 6.07) is 7.54. The highest BCUT2D eigenvalue weighted by Crippen LogP contribution is 2.39. The number of hydrogen-bond acceptors (Lipinski definition) is 4. The zero-order chi connectivity index (χ0) is 14.2. The number of rotatable bonds is 3. The van der Waals surface area contributed by atoms with Crippen molar-refractivity contribution in [3.05, 3.63) is 30.5 Å². The largest absolute Gasteiger partial charge is 0.481 e. The molecule has 1 fully saturated rings. The molecule has 2 atom stereocenters. The van der Waals surface area contributed by atoms with Crippen LogP contribution in [-0.2, 0) is 4.79 Å². The predicted molar refractivity (Wildman–Crippen MR) is 76.5 cm³/mol. The Balaban J connectivity index is 1.87. The molecule has 20 heavy (non-hydrogen) atoms. The standard InChI is InChI=1S/C15H17N3O2/c1-15(14(19)20)8-4-7-12(15)18-13-9-16-10-5-2-3-6-11(10)17-13/h2-3,5-6,9,12H,4,7-8H2,1H3,(H,17,18)(H,19,20). The maximum absolute atomic E-state index is 11.5. The average Bonchev–Trinajstić information content (AvgIpc) is 2.81. The second-order valence-corrected chi connectivity index (χ2v) is 5.56. The Morgan fingerprint density at radius 1 is 1.40 bits per heavy atom. The van der Waals surface area contributed by atoms with E-state index in [4.69, 9.17) is 0 Å². The zero-order valence-corrected chi connectivity index (χ0v) is 11.3. The van der Waals surface area contributed by atoms with Crippen molar-refractivity contribution in [3.8, 4) is 0 Å². The van der Waals surface area contributed by atoms with Gasteiger partial charge < -0.3 is 10.4 Å². The lowest BCUT2D eigenvalue weighted by Crippen LogP contribution is -2.40. The topological polar surface area (TPSA) is 75.1 Å². The van der Waals surface area contributed by atoms with E-state index in [-0.39, 0.29) is 6.04 Å². The van der Waals surface area contributed by atoms with E-state index in [1.807, 2.05) is 24.3 Å². The van der Waals surface area contributed by atoms with Crippen LogP contribution < -0.4 is 5.32 Å². The minimum Gasteiger partial charge on any atom is -0.481 e. The number of aromatic nitrogens is 2. The van der Waals surface area contributed by atoms with Gasteiger partial charge in [0.2, 0.25) is 0 Å². The maximum atomic E-state index is 11.5. The van der Waals surface area contributed by atoms with Crippen LogP contribution in [0.1, 0.15) is 26.2 Å². The predicted octanol–water partition coefficient (Wildman–Crippen LogP) is 2.69. The second kappa shape index (κ2) is 4.74. The Morgan fingerprint density at radius 3 is 2.90 bits per heavy atom. The number of carboxylic acids is 1. The lowest BCUT2D eigenvalue weighted by atomic mass is 9.85. The van der Waals surface area contributed by atoms with Gasteiger partial charge in [0.15, 0.2) is 0 Å². The van der Waals surface area contributed by atoms with Crippen molar-refractivity contribution in [2.45, 2.75) is 32.2 Å². The Kier molecular flexibility index (Phi) is 3.04. The normalized spacial score (nSPS) is 25.8. The Labute approximate surface area is 117 Å². The number of benzene rings is 1. The zero-order valence-electron chi connectivity index (χ0n) is 11.3. The molecule has 5 heteroatoms. The average molecular weight is 271 g/mol. The first-order chi connectivity index (χ1) is 9.59. The van der Waals surface area contributed by atoms with Gasteiger partial charge in [0, 0.05) is 6.04 Å². The first-order valence-electron chi connectivity index (χ1n) is 6.81. The molecule has 0 aliphatic heterocycles. The summed E-state index contributed by atoms with van der Waals surface area (Å²) in [5.74, 6) is -0.107. The summed E-state index contributed by atoms with van der Waals surface area (Å²) in [6.45, 7) is 1.80. The lowest BCUT2D eigenvalue weighted by molar-refractivity contribution is -0.147. The van der Waals surface area contributed by atoms with Crippen molar-refractivity contribution in [1.29, 1.82) is 0 Å². The van der Waals surface area contributed by atoms with Crippen molar-refractivity contribution >= 4 is 22.8 Å². The molecule has 2 N–H and O–H groups in total. The summed E-state index contributed by atoms with van der Waals surface area (Å²) in [7, 11) is 0. The van der Waals surface area contributed by atoms with Gasteiger partial charge in [-0.2, -0.15) is 0 Å². The maximum Gasteiger partial charge on any atom is 0.311 e. The van der Waals surface area contributed by atoms with Gasteiger partial charge in [0.25, 0.3) is 0 Å². The van der Waals surface area contributed by atoms with E-state index >= 15 is 0 Å². The molecule has 5 nitrogen and oxygen atoms in total. The monoisotopic (exact) mass is 271 g/mol. The first kappa shape index (κ1) is 12.8. The van der Waals surface area contributed by atoms with Crippen LogP contribution in [0.5, 0.6) is 0 Å². The number of carboxylic acid groups (broad SMARTS) is 1. The summed E-state index contributed by atoms with van der Waals surface area (Å²) >= 11 is 0. The molecular weight excluding hydrogens is 254 g/mol. The summed E-state index contributed by atoms with van der Waals surface area (Å²) < 4.78 is 0. The van der Waals surface area contributed by atoms with E-state index in [2.05, 4.69) is 15.3 Å². The summed E-state index contributed by atoms with van der Waals surface area (Å²) in [6.07, 6.45) is 4.13.